The second kappa shape index (κ2) is 3.71. The molecule has 1 aliphatic rings. The average molecular weight is 237 g/mol. The molecule has 0 aromatic carbocycles. The van der Waals surface area contributed by atoms with Crippen molar-refractivity contribution in [3.8, 4) is 0 Å². The van der Waals surface area contributed by atoms with Crippen LogP contribution in [0.25, 0.3) is 5.65 Å². The molecule has 2 aromatic rings. The van der Waals surface area contributed by atoms with Crippen LogP contribution in [-0.2, 0) is 12.8 Å². The van der Waals surface area contributed by atoms with Crippen molar-refractivity contribution < 1.29 is 0 Å². The first-order chi connectivity index (χ1) is 7.77. The third-order valence-corrected chi connectivity index (χ3v) is 3.42. The van der Waals surface area contributed by atoms with E-state index >= 15 is 0 Å². The number of halogens is 1. The zero-order valence-electron chi connectivity index (χ0n) is 9.13. The van der Waals surface area contributed by atoms with E-state index in [0.29, 0.717) is 0 Å². The van der Waals surface area contributed by atoms with E-state index in [1.807, 2.05) is 13.1 Å². The zero-order chi connectivity index (χ0) is 11.1. The van der Waals surface area contributed by atoms with Gasteiger partial charge in [-0.1, -0.05) is 11.6 Å². The summed E-state index contributed by atoms with van der Waals surface area (Å²) in [6.07, 6.45) is 3.68. The molecule has 0 spiro atoms. The summed E-state index contributed by atoms with van der Waals surface area (Å²) in [6, 6.07) is 0. The molecule has 3 heterocycles. The van der Waals surface area contributed by atoms with Crippen molar-refractivity contribution in [3.63, 3.8) is 0 Å². The molecule has 0 aliphatic carbocycles. The van der Waals surface area contributed by atoms with Crippen LogP contribution in [0.2, 0.25) is 5.15 Å². The minimum absolute atomic E-state index is 0.719. The predicted octanol–water partition coefficient (Wildman–Crippen LogP) is 1.38. The van der Waals surface area contributed by atoms with Crippen LogP contribution in [0.3, 0.4) is 0 Å². The molecule has 0 radical (unpaired) electrons. The first kappa shape index (κ1) is 10.1. The molecule has 0 unspecified atom stereocenters. The summed E-state index contributed by atoms with van der Waals surface area (Å²) in [4.78, 5) is 4.67. The maximum atomic E-state index is 6.38. The molecular weight excluding hydrogens is 224 g/mol. The van der Waals surface area contributed by atoms with Crippen molar-refractivity contribution in [2.75, 3.05) is 13.1 Å². The molecular formula is C11H13ClN4. The minimum atomic E-state index is 0.719. The Morgan fingerprint density at radius 2 is 2.19 bits per heavy atom. The van der Waals surface area contributed by atoms with E-state index in [-0.39, 0.29) is 0 Å². The largest absolute Gasteiger partial charge is 0.316 e. The lowest BCUT2D eigenvalue weighted by atomic mass is 10.1. The van der Waals surface area contributed by atoms with E-state index in [1.165, 1.54) is 0 Å². The van der Waals surface area contributed by atoms with Gasteiger partial charge in [0.05, 0.1) is 11.9 Å². The molecule has 4 nitrogen and oxygen atoms in total. The highest BCUT2D eigenvalue weighted by atomic mass is 35.5. The SMILES string of the molecule is Cc1cnn2c(Cl)c3c(nc12)CCNCC3. The number of hydrogen-bond acceptors (Lipinski definition) is 3. The quantitative estimate of drug-likeness (QED) is 0.703. The third-order valence-electron chi connectivity index (χ3n) is 3.03. The first-order valence-electron chi connectivity index (χ1n) is 5.49. The van der Waals surface area contributed by atoms with Gasteiger partial charge in [0.25, 0.3) is 0 Å². The summed E-state index contributed by atoms with van der Waals surface area (Å²) in [6.45, 7) is 3.94. The molecule has 0 fully saturated rings. The van der Waals surface area contributed by atoms with Gasteiger partial charge in [0.1, 0.15) is 5.15 Å². The monoisotopic (exact) mass is 236 g/mol. The molecule has 84 valence electrons. The topological polar surface area (TPSA) is 42.2 Å². The van der Waals surface area contributed by atoms with Gasteiger partial charge in [-0.05, 0) is 19.9 Å². The molecule has 0 saturated carbocycles. The molecule has 0 amide bonds. The van der Waals surface area contributed by atoms with Gasteiger partial charge >= 0.3 is 0 Å². The van der Waals surface area contributed by atoms with E-state index in [1.54, 1.807) is 4.52 Å². The van der Waals surface area contributed by atoms with E-state index in [4.69, 9.17) is 11.6 Å². The van der Waals surface area contributed by atoms with Crippen LogP contribution in [0.4, 0.5) is 0 Å². The molecule has 16 heavy (non-hydrogen) atoms. The number of fused-ring (bicyclic) bond motifs is 2. The maximum Gasteiger partial charge on any atom is 0.159 e. The van der Waals surface area contributed by atoms with Crippen LogP contribution < -0.4 is 5.32 Å². The molecule has 3 rings (SSSR count). The number of nitrogens with zero attached hydrogens (tertiary/aromatic N) is 3. The van der Waals surface area contributed by atoms with Crippen LogP contribution in [0.15, 0.2) is 6.20 Å². The second-order valence-corrected chi connectivity index (χ2v) is 4.50. The van der Waals surface area contributed by atoms with Crippen LogP contribution in [0, 0.1) is 6.92 Å². The van der Waals surface area contributed by atoms with Crippen molar-refractivity contribution in [2.24, 2.45) is 0 Å². The highest BCUT2D eigenvalue weighted by Crippen LogP contribution is 2.23. The summed E-state index contributed by atoms with van der Waals surface area (Å²) < 4.78 is 1.74. The lowest BCUT2D eigenvalue weighted by Crippen LogP contribution is -2.16. The highest BCUT2D eigenvalue weighted by Gasteiger charge is 2.17. The fourth-order valence-corrected chi connectivity index (χ4v) is 2.47. The second-order valence-electron chi connectivity index (χ2n) is 4.14. The highest BCUT2D eigenvalue weighted by molar-refractivity contribution is 6.30. The van der Waals surface area contributed by atoms with E-state index in [2.05, 4.69) is 15.4 Å². The van der Waals surface area contributed by atoms with Gasteiger partial charge in [-0.2, -0.15) is 5.10 Å². The summed E-state index contributed by atoms with van der Waals surface area (Å²) >= 11 is 6.38. The Kier molecular flexibility index (Phi) is 2.33. The lowest BCUT2D eigenvalue weighted by molar-refractivity contribution is 0.708. The Labute approximate surface area is 98.6 Å². The zero-order valence-corrected chi connectivity index (χ0v) is 9.88. The van der Waals surface area contributed by atoms with Crippen molar-refractivity contribution >= 4 is 17.2 Å². The van der Waals surface area contributed by atoms with E-state index in [0.717, 1.165) is 53.6 Å². The van der Waals surface area contributed by atoms with Crippen LogP contribution in [-0.4, -0.2) is 27.7 Å². The van der Waals surface area contributed by atoms with Crippen molar-refractivity contribution in [2.45, 2.75) is 19.8 Å². The van der Waals surface area contributed by atoms with Gasteiger partial charge in [-0.25, -0.2) is 9.50 Å². The molecule has 0 saturated heterocycles. The van der Waals surface area contributed by atoms with Crippen LogP contribution in [0.1, 0.15) is 16.8 Å². The Morgan fingerprint density at radius 1 is 1.38 bits per heavy atom. The Balaban J connectivity index is 2.30. The third kappa shape index (κ3) is 1.41. The van der Waals surface area contributed by atoms with E-state index < -0.39 is 0 Å². The van der Waals surface area contributed by atoms with Crippen molar-refractivity contribution in [3.05, 3.63) is 28.2 Å². The maximum absolute atomic E-state index is 6.38. The van der Waals surface area contributed by atoms with E-state index in [9.17, 15) is 0 Å². The molecule has 2 aromatic heterocycles. The molecule has 5 heteroatoms. The van der Waals surface area contributed by atoms with Gasteiger partial charge in [0.2, 0.25) is 0 Å². The summed E-state index contributed by atoms with van der Waals surface area (Å²) in [5, 5.41) is 8.33. The number of aromatic nitrogens is 3. The molecule has 0 atom stereocenters. The predicted molar refractivity (Wildman–Crippen MR) is 63.0 cm³/mol. The Bertz CT molecular complexity index is 546. The van der Waals surface area contributed by atoms with Gasteiger partial charge in [-0.3, -0.25) is 0 Å². The minimum Gasteiger partial charge on any atom is -0.316 e. The first-order valence-corrected chi connectivity index (χ1v) is 5.87. The van der Waals surface area contributed by atoms with Gasteiger partial charge < -0.3 is 5.32 Å². The average Bonchev–Trinajstić information content (AvgIpc) is 2.52. The Hall–Kier alpha value is -1.13. The number of hydrogen-bond donors (Lipinski definition) is 1. The van der Waals surface area contributed by atoms with Gasteiger partial charge in [0, 0.05) is 24.1 Å². The summed E-state index contributed by atoms with van der Waals surface area (Å²) in [7, 11) is 0. The Morgan fingerprint density at radius 3 is 3.06 bits per heavy atom. The summed E-state index contributed by atoms with van der Waals surface area (Å²) in [5.41, 5.74) is 4.21. The number of nitrogens with one attached hydrogen (secondary N) is 1. The van der Waals surface area contributed by atoms with Gasteiger partial charge in [-0.15, -0.1) is 0 Å². The number of aryl methyl sites for hydroxylation is 1. The standard InChI is InChI=1S/C11H13ClN4/c1-7-6-14-16-10(12)8-2-4-13-5-3-9(8)15-11(7)16/h6,13H,2-5H2,1H3. The van der Waals surface area contributed by atoms with Crippen molar-refractivity contribution in [1.29, 1.82) is 0 Å². The van der Waals surface area contributed by atoms with Crippen molar-refractivity contribution in [1.82, 2.24) is 19.9 Å². The smallest absolute Gasteiger partial charge is 0.159 e. The normalized spacial score (nSPS) is 16.1. The number of rotatable bonds is 0. The van der Waals surface area contributed by atoms with Crippen LogP contribution >= 0.6 is 11.6 Å². The molecule has 0 bridgehead atoms. The van der Waals surface area contributed by atoms with Gasteiger partial charge in [0.15, 0.2) is 5.65 Å². The van der Waals surface area contributed by atoms with Crippen LogP contribution in [0.5, 0.6) is 0 Å². The molecule has 1 aliphatic heterocycles. The lowest BCUT2D eigenvalue weighted by Gasteiger charge is -2.08. The fourth-order valence-electron chi connectivity index (χ4n) is 2.14. The molecule has 1 N–H and O–H groups in total. The summed E-state index contributed by atoms with van der Waals surface area (Å²) in [5.74, 6) is 0. The fraction of sp³-hybridized carbons (Fsp3) is 0.455.